The molecule has 4 heterocycles. The molecule has 2 N–H and O–H groups in total. The lowest BCUT2D eigenvalue weighted by molar-refractivity contribution is -0.129. The van der Waals surface area contributed by atoms with Gasteiger partial charge in [-0.25, -0.2) is 13.6 Å². The first-order valence-corrected chi connectivity index (χ1v) is 15.2. The second kappa shape index (κ2) is 12.5. The highest BCUT2D eigenvalue weighted by atomic mass is 35.5. The van der Waals surface area contributed by atoms with Gasteiger partial charge in [0.15, 0.2) is 0 Å². The monoisotopic (exact) mass is 666 g/mol. The second-order valence-electron chi connectivity index (χ2n) is 10.9. The van der Waals surface area contributed by atoms with E-state index in [0.29, 0.717) is 56.0 Å². The third-order valence-corrected chi connectivity index (χ3v) is 8.43. The van der Waals surface area contributed by atoms with E-state index in [0.717, 1.165) is 6.07 Å². The standard InChI is InChI=1S/C31H29ClF2N8O5/c1-4-39-14-19(27(44)17-11-22(34)26(13-25(17)39)42-8-6-41(7-9-42)16(3)43)29-37-38-31(47-29)36-30(46)35-23-15-40(5-2)24-12-20(32)21(33)10-18(24)28(23)45/h10-15H,4-9H2,1-3H3,(H2,35,36,38,46). The van der Waals surface area contributed by atoms with Crippen LogP contribution < -0.4 is 26.4 Å². The van der Waals surface area contributed by atoms with Gasteiger partial charge >= 0.3 is 12.0 Å². The quantitative estimate of drug-likeness (QED) is 0.266. The van der Waals surface area contributed by atoms with Crippen molar-refractivity contribution in [2.45, 2.75) is 33.9 Å². The highest BCUT2D eigenvalue weighted by Crippen LogP contribution is 2.28. The van der Waals surface area contributed by atoms with E-state index in [2.05, 4.69) is 20.8 Å². The van der Waals surface area contributed by atoms with Crippen LogP contribution in [0.4, 0.5) is 31.0 Å². The summed E-state index contributed by atoms with van der Waals surface area (Å²) in [6, 6.07) is 3.87. The molecule has 0 radical (unpaired) electrons. The van der Waals surface area contributed by atoms with Crippen LogP contribution in [0.1, 0.15) is 20.8 Å². The lowest BCUT2D eigenvalue weighted by Crippen LogP contribution is -2.48. The number of benzene rings is 2. The van der Waals surface area contributed by atoms with Crippen LogP contribution in [0.5, 0.6) is 0 Å². The van der Waals surface area contributed by atoms with Gasteiger partial charge in [-0.15, -0.1) is 5.10 Å². The van der Waals surface area contributed by atoms with Crippen molar-refractivity contribution in [1.82, 2.24) is 24.2 Å². The molecule has 0 atom stereocenters. The molecule has 16 heteroatoms. The smallest absolute Gasteiger partial charge is 0.327 e. The summed E-state index contributed by atoms with van der Waals surface area (Å²) in [6.07, 6.45) is 2.92. The van der Waals surface area contributed by atoms with E-state index in [1.807, 2.05) is 11.8 Å². The SMILES string of the molecule is CCn1cc(NC(=O)Nc2nnc(-c3cn(CC)c4cc(N5CCN(C(C)=O)CC5)c(F)cc4c3=O)o2)c(=O)c2cc(F)c(Cl)cc21. The van der Waals surface area contributed by atoms with Crippen LogP contribution in [0, 0.1) is 11.6 Å². The number of nitrogens with zero attached hydrogens (tertiary/aromatic N) is 6. The van der Waals surface area contributed by atoms with Gasteiger partial charge in [0.25, 0.3) is 5.89 Å². The van der Waals surface area contributed by atoms with Crippen molar-refractivity contribution in [3.05, 3.63) is 73.8 Å². The van der Waals surface area contributed by atoms with Crippen LogP contribution >= 0.6 is 11.6 Å². The molecule has 0 saturated carbocycles. The van der Waals surface area contributed by atoms with Crippen LogP contribution in [-0.2, 0) is 17.9 Å². The normalized spacial score (nSPS) is 13.4. The number of carbonyl (C=O) groups excluding carboxylic acids is 2. The molecule has 2 aromatic carbocycles. The van der Waals surface area contributed by atoms with E-state index in [9.17, 15) is 23.6 Å². The number of aromatic nitrogens is 4. The zero-order chi connectivity index (χ0) is 33.6. The van der Waals surface area contributed by atoms with Gasteiger partial charge in [-0.2, -0.15) is 0 Å². The van der Waals surface area contributed by atoms with Crippen molar-refractivity contribution in [2.24, 2.45) is 0 Å². The van der Waals surface area contributed by atoms with Gasteiger partial charge in [0, 0.05) is 64.0 Å². The van der Waals surface area contributed by atoms with E-state index in [4.69, 9.17) is 16.0 Å². The molecule has 1 aliphatic rings. The Hall–Kier alpha value is -5.31. The van der Waals surface area contributed by atoms with Crippen molar-refractivity contribution < 1.29 is 22.8 Å². The number of nitrogens with one attached hydrogen (secondary N) is 2. The van der Waals surface area contributed by atoms with E-state index >= 15 is 4.39 Å². The molecule has 1 aliphatic heterocycles. The van der Waals surface area contributed by atoms with Gasteiger partial charge in [0.1, 0.15) is 22.9 Å². The van der Waals surface area contributed by atoms with Crippen LogP contribution in [0.25, 0.3) is 33.3 Å². The van der Waals surface area contributed by atoms with E-state index in [1.54, 1.807) is 27.0 Å². The topological polar surface area (TPSA) is 148 Å². The Kier molecular flexibility index (Phi) is 8.40. The average Bonchev–Trinajstić information content (AvgIpc) is 3.51. The van der Waals surface area contributed by atoms with E-state index in [-0.39, 0.29) is 44.9 Å². The molecule has 0 unspecified atom stereocenters. The molecule has 5 aromatic rings. The minimum atomic E-state index is -0.906. The number of amides is 3. The zero-order valence-electron chi connectivity index (χ0n) is 25.6. The number of urea groups is 1. The van der Waals surface area contributed by atoms with Gasteiger partial charge in [-0.05, 0) is 38.1 Å². The van der Waals surface area contributed by atoms with E-state index < -0.39 is 28.5 Å². The Morgan fingerprint density at radius 2 is 1.51 bits per heavy atom. The van der Waals surface area contributed by atoms with E-state index in [1.165, 1.54) is 31.5 Å². The molecule has 13 nitrogen and oxygen atoms in total. The zero-order valence-corrected chi connectivity index (χ0v) is 26.3. The fourth-order valence-electron chi connectivity index (χ4n) is 5.69. The second-order valence-corrected chi connectivity index (χ2v) is 11.3. The number of rotatable bonds is 6. The number of piperazine rings is 1. The minimum Gasteiger partial charge on any atom is -0.403 e. The van der Waals surface area contributed by atoms with Crippen LogP contribution in [0.3, 0.4) is 0 Å². The number of aryl methyl sites for hydroxylation is 2. The Balaban J connectivity index is 1.26. The summed E-state index contributed by atoms with van der Waals surface area (Å²) in [6.45, 7) is 7.80. The molecule has 3 amide bonds. The first-order valence-electron chi connectivity index (χ1n) is 14.8. The summed E-state index contributed by atoms with van der Waals surface area (Å²) in [5.74, 6) is -1.62. The van der Waals surface area contributed by atoms with Crippen molar-refractivity contribution >= 4 is 62.7 Å². The van der Waals surface area contributed by atoms with Crippen molar-refractivity contribution in [3.8, 4) is 11.5 Å². The van der Waals surface area contributed by atoms with Crippen molar-refractivity contribution in [1.29, 1.82) is 0 Å². The van der Waals surface area contributed by atoms with Gasteiger partial charge in [0.05, 0.1) is 27.1 Å². The minimum absolute atomic E-state index is 0.0106. The van der Waals surface area contributed by atoms with Crippen molar-refractivity contribution in [3.63, 3.8) is 0 Å². The first kappa shape index (κ1) is 31.7. The molecule has 0 spiro atoms. The first-order chi connectivity index (χ1) is 22.5. The predicted molar refractivity (Wildman–Crippen MR) is 173 cm³/mol. The van der Waals surface area contributed by atoms with Gasteiger partial charge in [-0.3, -0.25) is 19.7 Å². The highest BCUT2D eigenvalue weighted by molar-refractivity contribution is 6.31. The summed E-state index contributed by atoms with van der Waals surface area (Å²) < 4.78 is 38.5. The molecule has 47 heavy (non-hydrogen) atoms. The summed E-state index contributed by atoms with van der Waals surface area (Å²) in [5, 5.41) is 12.4. The average molecular weight is 667 g/mol. The Bertz CT molecular complexity index is 2190. The molecule has 3 aromatic heterocycles. The molecule has 1 saturated heterocycles. The van der Waals surface area contributed by atoms with Crippen LogP contribution in [0.2, 0.25) is 5.02 Å². The number of anilines is 3. The maximum Gasteiger partial charge on any atom is 0.327 e. The third kappa shape index (κ3) is 5.89. The molecule has 0 aliphatic carbocycles. The Morgan fingerprint density at radius 1 is 0.872 bits per heavy atom. The predicted octanol–water partition coefficient (Wildman–Crippen LogP) is 4.65. The largest absolute Gasteiger partial charge is 0.403 e. The Labute approximate surface area is 270 Å². The lowest BCUT2D eigenvalue weighted by atomic mass is 10.1. The summed E-state index contributed by atoms with van der Waals surface area (Å²) in [5.41, 5.74) is -0.112. The maximum absolute atomic E-state index is 15.4. The number of hydrogen-bond acceptors (Lipinski definition) is 8. The molecule has 6 rings (SSSR count). The summed E-state index contributed by atoms with van der Waals surface area (Å²) in [7, 11) is 0. The van der Waals surface area contributed by atoms with Gasteiger partial charge in [0.2, 0.25) is 16.8 Å². The number of halogens is 3. The number of pyridine rings is 2. The third-order valence-electron chi connectivity index (χ3n) is 8.14. The molecule has 1 fully saturated rings. The number of fused-ring (bicyclic) bond motifs is 2. The summed E-state index contributed by atoms with van der Waals surface area (Å²) in [4.78, 5) is 54.6. The molecular weight excluding hydrogens is 638 g/mol. The fraction of sp³-hybridized carbons (Fsp3) is 0.290. The molecule has 244 valence electrons. The summed E-state index contributed by atoms with van der Waals surface area (Å²) >= 11 is 5.90. The van der Waals surface area contributed by atoms with Crippen LogP contribution in [0.15, 0.2) is 50.7 Å². The fourth-order valence-corrected chi connectivity index (χ4v) is 5.84. The highest BCUT2D eigenvalue weighted by Gasteiger charge is 2.24. The number of carbonyl (C=O) groups is 2. The maximum atomic E-state index is 15.4. The van der Waals surface area contributed by atoms with Crippen LogP contribution in [-0.4, -0.2) is 62.3 Å². The number of hydrogen-bond donors (Lipinski definition) is 2. The lowest BCUT2D eigenvalue weighted by Gasteiger charge is -2.36. The van der Waals surface area contributed by atoms with Crippen molar-refractivity contribution in [2.75, 3.05) is 41.7 Å². The van der Waals surface area contributed by atoms with Gasteiger partial charge < -0.3 is 28.7 Å². The van der Waals surface area contributed by atoms with Gasteiger partial charge in [-0.1, -0.05) is 16.7 Å². The molecular formula is C31H29ClF2N8O5. The Morgan fingerprint density at radius 3 is 2.19 bits per heavy atom. The molecule has 0 bridgehead atoms.